The van der Waals surface area contributed by atoms with Gasteiger partial charge in [0.2, 0.25) is 0 Å². The molecule has 1 heterocycles. The molecule has 1 aromatic carbocycles. The summed E-state index contributed by atoms with van der Waals surface area (Å²) in [5, 5.41) is 17.1. The van der Waals surface area contributed by atoms with Gasteiger partial charge < -0.3 is 10.6 Å². The molecule has 1 fully saturated rings. The number of halogens is 1. The Balaban J connectivity index is 0.00000220. The second-order valence-electron chi connectivity index (χ2n) is 5.36. The van der Waals surface area contributed by atoms with Gasteiger partial charge in [-0.15, -0.1) is 12.4 Å². The zero-order valence-corrected chi connectivity index (χ0v) is 12.9. The van der Waals surface area contributed by atoms with Crippen molar-refractivity contribution in [1.29, 1.82) is 0 Å². The SMILES string of the molecule is Cc1cc(C(=O)NC2CCNC(C)C2)cc([N+](=O)[O-])c1.Cl. The summed E-state index contributed by atoms with van der Waals surface area (Å²) in [4.78, 5) is 22.5. The average Bonchev–Trinajstić information content (AvgIpc) is 2.37. The number of amides is 1. The molecule has 1 aliphatic heterocycles. The summed E-state index contributed by atoms with van der Waals surface area (Å²) < 4.78 is 0. The van der Waals surface area contributed by atoms with Gasteiger partial charge in [0, 0.05) is 29.8 Å². The van der Waals surface area contributed by atoms with E-state index >= 15 is 0 Å². The van der Waals surface area contributed by atoms with Crippen LogP contribution in [-0.2, 0) is 0 Å². The number of hydrogen-bond acceptors (Lipinski definition) is 4. The Labute approximate surface area is 129 Å². The highest BCUT2D eigenvalue weighted by Gasteiger charge is 2.21. The van der Waals surface area contributed by atoms with Gasteiger partial charge in [0.1, 0.15) is 0 Å². The van der Waals surface area contributed by atoms with Crippen LogP contribution in [0.25, 0.3) is 0 Å². The highest BCUT2D eigenvalue weighted by atomic mass is 35.5. The lowest BCUT2D eigenvalue weighted by Crippen LogP contribution is -2.46. The third-order valence-corrected chi connectivity index (χ3v) is 3.49. The fraction of sp³-hybridized carbons (Fsp3) is 0.500. The Kier molecular flexibility index (Phi) is 6.11. The highest BCUT2D eigenvalue weighted by Crippen LogP contribution is 2.17. The van der Waals surface area contributed by atoms with Crippen LogP contribution in [0.5, 0.6) is 0 Å². The standard InChI is InChI=1S/C14H19N3O3.ClH/c1-9-5-11(8-13(6-9)17(19)20)14(18)16-12-3-4-15-10(2)7-12;/h5-6,8,10,12,15H,3-4,7H2,1-2H3,(H,16,18);1H. The summed E-state index contributed by atoms with van der Waals surface area (Å²) in [6.45, 7) is 4.70. The van der Waals surface area contributed by atoms with E-state index in [1.807, 2.05) is 0 Å². The van der Waals surface area contributed by atoms with Crippen molar-refractivity contribution in [1.82, 2.24) is 10.6 Å². The predicted octanol–water partition coefficient (Wildman–Crippen LogP) is 2.20. The summed E-state index contributed by atoms with van der Waals surface area (Å²) in [5.74, 6) is -0.240. The number of carbonyl (C=O) groups excluding carboxylic acids is 1. The number of non-ortho nitro benzene ring substituents is 1. The molecule has 1 saturated heterocycles. The van der Waals surface area contributed by atoms with Crippen molar-refractivity contribution in [3.63, 3.8) is 0 Å². The third-order valence-electron chi connectivity index (χ3n) is 3.49. The van der Waals surface area contributed by atoms with E-state index in [-0.39, 0.29) is 30.0 Å². The Hall–Kier alpha value is -1.66. The fourth-order valence-electron chi connectivity index (χ4n) is 2.53. The summed E-state index contributed by atoms with van der Waals surface area (Å²) >= 11 is 0. The highest BCUT2D eigenvalue weighted by molar-refractivity contribution is 5.95. The smallest absolute Gasteiger partial charge is 0.270 e. The van der Waals surface area contributed by atoms with Crippen LogP contribution in [0.3, 0.4) is 0 Å². The molecule has 1 amide bonds. The number of benzene rings is 1. The molecule has 7 heteroatoms. The van der Waals surface area contributed by atoms with E-state index < -0.39 is 4.92 Å². The molecule has 116 valence electrons. The van der Waals surface area contributed by atoms with E-state index in [2.05, 4.69) is 17.6 Å². The molecule has 0 aromatic heterocycles. The molecule has 0 radical (unpaired) electrons. The second kappa shape index (κ2) is 7.38. The number of rotatable bonds is 3. The normalized spacial score (nSPS) is 21.2. The van der Waals surface area contributed by atoms with Crippen molar-refractivity contribution in [3.05, 3.63) is 39.4 Å². The van der Waals surface area contributed by atoms with Crippen LogP contribution in [0.15, 0.2) is 18.2 Å². The topological polar surface area (TPSA) is 84.3 Å². The van der Waals surface area contributed by atoms with Crippen molar-refractivity contribution in [3.8, 4) is 0 Å². The van der Waals surface area contributed by atoms with Gasteiger partial charge in [0.25, 0.3) is 11.6 Å². The summed E-state index contributed by atoms with van der Waals surface area (Å²) in [5.41, 5.74) is 1.01. The number of carbonyl (C=O) groups is 1. The predicted molar refractivity (Wildman–Crippen MR) is 83.0 cm³/mol. The summed E-state index contributed by atoms with van der Waals surface area (Å²) in [6, 6.07) is 4.96. The van der Waals surface area contributed by atoms with Crippen LogP contribution in [-0.4, -0.2) is 29.5 Å². The van der Waals surface area contributed by atoms with Crippen LogP contribution in [0.4, 0.5) is 5.69 Å². The minimum absolute atomic E-state index is 0. The Morgan fingerprint density at radius 2 is 2.14 bits per heavy atom. The molecular weight excluding hydrogens is 294 g/mol. The quantitative estimate of drug-likeness (QED) is 0.662. The van der Waals surface area contributed by atoms with E-state index in [0.29, 0.717) is 17.2 Å². The van der Waals surface area contributed by atoms with Gasteiger partial charge in [0.15, 0.2) is 0 Å². The molecule has 2 rings (SSSR count). The molecule has 0 spiro atoms. The molecule has 1 aromatic rings. The van der Waals surface area contributed by atoms with Gasteiger partial charge in [0.05, 0.1) is 4.92 Å². The van der Waals surface area contributed by atoms with Crippen molar-refractivity contribution in [2.75, 3.05) is 6.54 Å². The lowest BCUT2D eigenvalue weighted by molar-refractivity contribution is -0.384. The van der Waals surface area contributed by atoms with E-state index in [9.17, 15) is 14.9 Å². The van der Waals surface area contributed by atoms with E-state index in [1.165, 1.54) is 12.1 Å². The molecule has 0 bridgehead atoms. The molecule has 0 aliphatic carbocycles. The minimum Gasteiger partial charge on any atom is -0.349 e. The molecule has 0 saturated carbocycles. The molecule has 21 heavy (non-hydrogen) atoms. The lowest BCUT2D eigenvalue weighted by atomic mass is 10.00. The monoisotopic (exact) mass is 313 g/mol. The number of nitrogens with zero attached hydrogens (tertiary/aromatic N) is 1. The van der Waals surface area contributed by atoms with Crippen LogP contribution in [0.2, 0.25) is 0 Å². The fourth-order valence-corrected chi connectivity index (χ4v) is 2.53. The number of nitro benzene ring substituents is 1. The summed E-state index contributed by atoms with van der Waals surface area (Å²) in [7, 11) is 0. The average molecular weight is 314 g/mol. The first-order valence-electron chi connectivity index (χ1n) is 6.76. The van der Waals surface area contributed by atoms with Gasteiger partial charge in [-0.05, 0) is 44.9 Å². The zero-order valence-electron chi connectivity index (χ0n) is 12.1. The van der Waals surface area contributed by atoms with Crippen molar-refractivity contribution in [2.45, 2.75) is 38.8 Å². The largest absolute Gasteiger partial charge is 0.349 e. The number of aryl methyl sites for hydroxylation is 1. The van der Waals surface area contributed by atoms with Crippen LogP contribution in [0, 0.1) is 17.0 Å². The number of nitrogens with one attached hydrogen (secondary N) is 2. The van der Waals surface area contributed by atoms with Crippen molar-refractivity contribution in [2.24, 2.45) is 0 Å². The van der Waals surface area contributed by atoms with Crippen molar-refractivity contribution >= 4 is 24.0 Å². The maximum atomic E-state index is 12.2. The van der Waals surface area contributed by atoms with Gasteiger partial charge in [-0.25, -0.2) is 0 Å². The van der Waals surface area contributed by atoms with Crippen LogP contribution in [0.1, 0.15) is 35.7 Å². The van der Waals surface area contributed by atoms with E-state index in [1.54, 1.807) is 13.0 Å². The van der Waals surface area contributed by atoms with Crippen LogP contribution < -0.4 is 10.6 Å². The zero-order chi connectivity index (χ0) is 14.7. The number of hydrogen-bond donors (Lipinski definition) is 2. The molecule has 1 aliphatic rings. The Bertz CT molecular complexity index is 536. The Morgan fingerprint density at radius 3 is 2.76 bits per heavy atom. The number of piperidine rings is 1. The third kappa shape index (κ3) is 4.68. The maximum absolute atomic E-state index is 12.2. The first-order chi connectivity index (χ1) is 9.45. The summed E-state index contributed by atoms with van der Waals surface area (Å²) in [6.07, 6.45) is 1.75. The van der Waals surface area contributed by atoms with E-state index in [0.717, 1.165) is 19.4 Å². The minimum atomic E-state index is -0.476. The first kappa shape index (κ1) is 17.4. The second-order valence-corrected chi connectivity index (χ2v) is 5.36. The van der Waals surface area contributed by atoms with Gasteiger partial charge >= 0.3 is 0 Å². The molecular formula is C14H20ClN3O3. The van der Waals surface area contributed by atoms with E-state index in [4.69, 9.17) is 0 Å². The van der Waals surface area contributed by atoms with Gasteiger partial charge in [-0.1, -0.05) is 0 Å². The number of nitro groups is 1. The van der Waals surface area contributed by atoms with Crippen LogP contribution >= 0.6 is 12.4 Å². The molecule has 2 atom stereocenters. The molecule has 6 nitrogen and oxygen atoms in total. The lowest BCUT2D eigenvalue weighted by Gasteiger charge is -2.28. The molecule has 2 unspecified atom stereocenters. The maximum Gasteiger partial charge on any atom is 0.270 e. The molecule has 2 N–H and O–H groups in total. The van der Waals surface area contributed by atoms with Gasteiger partial charge in [-0.2, -0.15) is 0 Å². The van der Waals surface area contributed by atoms with Crippen molar-refractivity contribution < 1.29 is 9.72 Å². The first-order valence-corrected chi connectivity index (χ1v) is 6.76. The Morgan fingerprint density at radius 1 is 1.43 bits per heavy atom. The van der Waals surface area contributed by atoms with Gasteiger partial charge in [-0.3, -0.25) is 14.9 Å².